The molecule has 0 aliphatic rings. The molecule has 0 aromatic heterocycles. The van der Waals surface area contributed by atoms with E-state index in [-0.39, 0.29) is 0 Å². The van der Waals surface area contributed by atoms with Crippen molar-refractivity contribution < 1.29 is 9.59 Å². The fraction of sp³-hybridized carbons (Fsp3) is 0.923. The smallest absolute Gasteiger partial charge is 0.134 e. The minimum absolute atomic E-state index is 0.449. The summed E-state index contributed by atoms with van der Waals surface area (Å²) < 4.78 is 0. The van der Waals surface area contributed by atoms with Gasteiger partial charge in [0.1, 0.15) is 11.6 Å². The number of carbonyl (C=O) groups excluding carboxylic acids is 2. The zero-order valence-corrected chi connectivity index (χ0v) is 22.1. The van der Waals surface area contributed by atoms with Gasteiger partial charge in [0.2, 0.25) is 0 Å². The minimum atomic E-state index is 0.449. The van der Waals surface area contributed by atoms with E-state index >= 15 is 0 Å². The van der Waals surface area contributed by atoms with Crippen molar-refractivity contribution in [1.29, 1.82) is 0 Å². The van der Waals surface area contributed by atoms with Crippen molar-refractivity contribution in [1.82, 2.24) is 0 Å². The lowest BCUT2D eigenvalue weighted by Gasteiger charge is -2.10. The van der Waals surface area contributed by atoms with Crippen molar-refractivity contribution in [3.63, 3.8) is 0 Å². The van der Waals surface area contributed by atoms with Crippen molar-refractivity contribution >= 4 is 35.1 Å². The van der Waals surface area contributed by atoms with Gasteiger partial charge in [-0.2, -0.15) is 23.5 Å². The Kier molecular flexibility index (Phi) is 22.3. The first-order valence-electron chi connectivity index (χ1n) is 12.8. The highest BCUT2D eigenvalue weighted by atomic mass is 32.2. The van der Waals surface area contributed by atoms with Gasteiger partial charge in [-0.1, -0.05) is 79.1 Å². The van der Waals surface area contributed by atoms with Gasteiger partial charge in [-0.25, -0.2) is 0 Å². The standard InChI is InChI=1S/C26H50O2S2/c1-5-7-17-25(27)21-23(3)29-19-15-13-11-9-10-12-14-16-20-30-24(4)22-26(28)18-8-6-2/h23-24H,5-22H2,1-4H3. The Morgan fingerprint density at radius 2 is 0.900 bits per heavy atom. The van der Waals surface area contributed by atoms with Crippen molar-refractivity contribution in [2.45, 2.75) is 141 Å². The second kappa shape index (κ2) is 22.2. The van der Waals surface area contributed by atoms with Crippen LogP contribution in [0.1, 0.15) is 130 Å². The molecule has 0 aromatic carbocycles. The normalized spacial score (nSPS) is 13.3. The van der Waals surface area contributed by atoms with Crippen LogP contribution in [0.2, 0.25) is 0 Å². The van der Waals surface area contributed by atoms with Gasteiger partial charge in [0.25, 0.3) is 0 Å². The summed E-state index contributed by atoms with van der Waals surface area (Å²) in [6, 6.07) is 0. The van der Waals surface area contributed by atoms with Crippen LogP contribution in [0.4, 0.5) is 0 Å². The van der Waals surface area contributed by atoms with Crippen LogP contribution in [0.15, 0.2) is 0 Å². The summed E-state index contributed by atoms with van der Waals surface area (Å²) in [7, 11) is 0. The van der Waals surface area contributed by atoms with Crippen LogP contribution >= 0.6 is 23.5 Å². The molecule has 0 radical (unpaired) electrons. The summed E-state index contributed by atoms with van der Waals surface area (Å²) >= 11 is 3.96. The second-order valence-corrected chi connectivity index (χ2v) is 12.0. The fourth-order valence-electron chi connectivity index (χ4n) is 3.54. The topological polar surface area (TPSA) is 34.1 Å². The van der Waals surface area contributed by atoms with Gasteiger partial charge in [0.15, 0.2) is 0 Å². The monoisotopic (exact) mass is 458 g/mol. The SMILES string of the molecule is CCCCC(=O)CC(C)SCCCCCCCCCCSC(C)CC(=O)CCCC. The van der Waals surface area contributed by atoms with Crippen LogP contribution in [-0.2, 0) is 9.59 Å². The molecule has 2 unspecified atom stereocenters. The van der Waals surface area contributed by atoms with E-state index in [1.54, 1.807) is 0 Å². The highest BCUT2D eigenvalue weighted by Gasteiger charge is 2.10. The Morgan fingerprint density at radius 1 is 0.567 bits per heavy atom. The molecule has 0 aliphatic carbocycles. The van der Waals surface area contributed by atoms with Crippen molar-refractivity contribution in [3.05, 3.63) is 0 Å². The predicted octanol–water partition coefficient (Wildman–Crippen LogP) is 8.65. The van der Waals surface area contributed by atoms with E-state index in [2.05, 4.69) is 27.7 Å². The van der Waals surface area contributed by atoms with Crippen molar-refractivity contribution in [3.8, 4) is 0 Å². The average molecular weight is 459 g/mol. The number of ketones is 2. The minimum Gasteiger partial charge on any atom is -0.300 e. The number of unbranched alkanes of at least 4 members (excludes halogenated alkanes) is 9. The lowest BCUT2D eigenvalue weighted by Crippen LogP contribution is -2.07. The summed E-state index contributed by atoms with van der Waals surface area (Å²) in [6.07, 6.45) is 18.1. The van der Waals surface area contributed by atoms with Crippen LogP contribution in [0.25, 0.3) is 0 Å². The maximum Gasteiger partial charge on any atom is 0.134 e. The van der Waals surface area contributed by atoms with E-state index in [0.717, 1.165) is 51.4 Å². The Morgan fingerprint density at radius 3 is 1.23 bits per heavy atom. The molecule has 0 saturated heterocycles. The molecular formula is C26H50O2S2. The van der Waals surface area contributed by atoms with Crippen LogP contribution in [0.5, 0.6) is 0 Å². The third-order valence-corrected chi connectivity index (χ3v) is 8.01. The molecule has 0 rings (SSSR count). The molecule has 0 amide bonds. The zero-order chi connectivity index (χ0) is 22.5. The molecule has 2 nitrogen and oxygen atoms in total. The van der Waals surface area contributed by atoms with E-state index in [9.17, 15) is 9.59 Å². The molecule has 30 heavy (non-hydrogen) atoms. The van der Waals surface area contributed by atoms with Crippen molar-refractivity contribution in [2.24, 2.45) is 0 Å². The average Bonchev–Trinajstić information content (AvgIpc) is 2.71. The molecule has 0 aromatic rings. The number of carbonyl (C=O) groups is 2. The Hall–Kier alpha value is 0.0400. The van der Waals surface area contributed by atoms with Crippen LogP contribution in [0.3, 0.4) is 0 Å². The van der Waals surface area contributed by atoms with Gasteiger partial charge < -0.3 is 0 Å². The second-order valence-electron chi connectivity index (χ2n) is 8.88. The van der Waals surface area contributed by atoms with Gasteiger partial charge in [0, 0.05) is 36.2 Å². The van der Waals surface area contributed by atoms with Crippen molar-refractivity contribution in [2.75, 3.05) is 11.5 Å². The quantitative estimate of drug-likeness (QED) is 0.143. The lowest BCUT2D eigenvalue weighted by atomic mass is 10.1. The Labute approximate surface area is 196 Å². The first-order valence-corrected chi connectivity index (χ1v) is 14.9. The van der Waals surface area contributed by atoms with Gasteiger partial charge in [-0.05, 0) is 37.2 Å². The number of Topliss-reactive ketones (excluding diaryl/α,β-unsaturated/α-hetero) is 2. The number of hydrogen-bond donors (Lipinski definition) is 0. The molecule has 4 heteroatoms. The van der Waals surface area contributed by atoms with Crippen LogP contribution in [0, 0.1) is 0 Å². The first kappa shape index (κ1) is 30.0. The van der Waals surface area contributed by atoms with E-state index in [1.165, 1.54) is 62.9 Å². The van der Waals surface area contributed by atoms with Crippen LogP contribution < -0.4 is 0 Å². The highest BCUT2D eigenvalue weighted by molar-refractivity contribution is 8.00. The number of thioether (sulfide) groups is 2. The largest absolute Gasteiger partial charge is 0.300 e. The third kappa shape index (κ3) is 21.3. The van der Waals surface area contributed by atoms with E-state index in [0.29, 0.717) is 22.1 Å². The van der Waals surface area contributed by atoms with Gasteiger partial charge in [0.05, 0.1) is 0 Å². The molecule has 2 atom stereocenters. The van der Waals surface area contributed by atoms with E-state index < -0.39 is 0 Å². The summed E-state index contributed by atoms with van der Waals surface area (Å²) in [5.41, 5.74) is 0. The maximum atomic E-state index is 11.8. The molecule has 0 heterocycles. The van der Waals surface area contributed by atoms with Gasteiger partial charge >= 0.3 is 0 Å². The molecule has 0 aliphatic heterocycles. The molecule has 0 N–H and O–H groups in total. The maximum absolute atomic E-state index is 11.8. The number of hydrogen-bond acceptors (Lipinski definition) is 4. The Bertz CT molecular complexity index is 374. The molecule has 0 saturated carbocycles. The molecular weight excluding hydrogens is 408 g/mol. The van der Waals surface area contributed by atoms with E-state index in [1.807, 2.05) is 23.5 Å². The number of rotatable bonds is 23. The third-order valence-electron chi connectivity index (χ3n) is 5.49. The highest BCUT2D eigenvalue weighted by Crippen LogP contribution is 2.20. The van der Waals surface area contributed by atoms with Gasteiger partial charge in [-0.3, -0.25) is 9.59 Å². The first-order chi connectivity index (χ1) is 14.5. The molecule has 0 bridgehead atoms. The molecule has 178 valence electrons. The summed E-state index contributed by atoms with van der Waals surface area (Å²) in [6.45, 7) is 8.70. The predicted molar refractivity (Wildman–Crippen MR) is 139 cm³/mol. The Balaban J connectivity index is 3.34. The summed E-state index contributed by atoms with van der Waals surface area (Å²) in [5, 5.41) is 0.980. The summed E-state index contributed by atoms with van der Waals surface area (Å²) in [4.78, 5) is 23.6. The molecule has 0 spiro atoms. The van der Waals surface area contributed by atoms with Gasteiger partial charge in [-0.15, -0.1) is 0 Å². The van der Waals surface area contributed by atoms with E-state index in [4.69, 9.17) is 0 Å². The molecule has 0 fully saturated rings. The lowest BCUT2D eigenvalue weighted by molar-refractivity contribution is -0.119. The fourth-order valence-corrected chi connectivity index (χ4v) is 5.70. The van der Waals surface area contributed by atoms with Crippen LogP contribution in [-0.4, -0.2) is 33.6 Å². The zero-order valence-electron chi connectivity index (χ0n) is 20.5. The summed E-state index contributed by atoms with van der Waals surface area (Å²) in [5.74, 6) is 3.31.